The molecule has 0 aliphatic heterocycles. The molecule has 0 saturated carbocycles. The van der Waals surface area contributed by atoms with Crippen LogP contribution in [0.25, 0.3) is 0 Å². The Morgan fingerprint density at radius 2 is 2.10 bits per heavy atom. The fraction of sp³-hybridized carbons (Fsp3) is 1.00. The van der Waals surface area contributed by atoms with Crippen LogP contribution in [-0.4, -0.2) is 17.7 Å². The zero-order valence-corrected chi connectivity index (χ0v) is 8.25. The first-order chi connectivity index (χ1) is 4.62. The third-order valence-corrected chi connectivity index (χ3v) is 3.67. The van der Waals surface area contributed by atoms with Crippen molar-refractivity contribution in [1.29, 1.82) is 0 Å². The molecular formula is C6H15O2PS. The highest BCUT2D eigenvalue weighted by Gasteiger charge is 2.08. The Kier molecular flexibility index (Phi) is 5.55. The Morgan fingerprint density at radius 3 is 2.50 bits per heavy atom. The summed E-state index contributed by atoms with van der Waals surface area (Å²) < 4.78 is 5.10. The van der Waals surface area contributed by atoms with Crippen LogP contribution >= 0.6 is 6.49 Å². The summed E-state index contributed by atoms with van der Waals surface area (Å²) in [5.74, 6) is 0. The van der Waals surface area contributed by atoms with E-state index in [9.17, 15) is 4.89 Å². The minimum atomic E-state index is -2.37. The van der Waals surface area contributed by atoms with E-state index < -0.39 is 6.49 Å². The van der Waals surface area contributed by atoms with E-state index in [4.69, 9.17) is 16.3 Å². The van der Waals surface area contributed by atoms with Gasteiger partial charge in [0.25, 0.3) is 0 Å². The van der Waals surface area contributed by atoms with Crippen LogP contribution in [0.3, 0.4) is 0 Å². The van der Waals surface area contributed by atoms with E-state index in [1.54, 1.807) is 0 Å². The summed E-state index contributed by atoms with van der Waals surface area (Å²) in [6.45, 7) is 2.17. The second-order valence-electron chi connectivity index (χ2n) is 2.14. The molecule has 0 aliphatic rings. The molecule has 0 aliphatic carbocycles. The number of hydrogen-bond donors (Lipinski definition) is 1. The normalized spacial score (nSPS) is 16.7. The van der Waals surface area contributed by atoms with Gasteiger partial charge in [-0.25, -0.2) is 0 Å². The Balaban J connectivity index is 3.38. The van der Waals surface area contributed by atoms with Gasteiger partial charge in [-0.2, -0.15) is 0 Å². The van der Waals surface area contributed by atoms with Crippen molar-refractivity contribution in [3.63, 3.8) is 0 Å². The van der Waals surface area contributed by atoms with E-state index in [-0.39, 0.29) is 0 Å². The van der Waals surface area contributed by atoms with Crippen molar-refractivity contribution in [2.24, 2.45) is 0 Å². The molecular weight excluding hydrogens is 167 g/mol. The van der Waals surface area contributed by atoms with Crippen molar-refractivity contribution >= 4 is 18.3 Å². The van der Waals surface area contributed by atoms with Gasteiger partial charge in [0, 0.05) is 6.16 Å². The smallest absolute Gasteiger partial charge is 0.185 e. The summed E-state index contributed by atoms with van der Waals surface area (Å²) in [5.41, 5.74) is 0. The molecule has 4 heteroatoms. The van der Waals surface area contributed by atoms with Crippen molar-refractivity contribution in [1.82, 2.24) is 0 Å². The van der Waals surface area contributed by atoms with Gasteiger partial charge in [-0.05, 0) is 18.2 Å². The van der Waals surface area contributed by atoms with Gasteiger partial charge in [-0.1, -0.05) is 20.3 Å². The van der Waals surface area contributed by atoms with E-state index >= 15 is 0 Å². The monoisotopic (exact) mass is 182 g/mol. The molecule has 1 atom stereocenters. The lowest BCUT2D eigenvalue weighted by molar-refractivity contribution is 0.301. The van der Waals surface area contributed by atoms with E-state index in [0.717, 1.165) is 12.8 Å². The average Bonchev–Trinajstić information content (AvgIpc) is 1.89. The molecule has 1 unspecified atom stereocenters. The molecule has 0 heterocycles. The standard InChI is InChI=1S/C6H15O2PS/c1-3-5-6-8-9(7,10)4-2/h3-6H2,1-2H3,(H,7,10). The van der Waals surface area contributed by atoms with Crippen molar-refractivity contribution in [3.05, 3.63) is 0 Å². The SMILES string of the molecule is CCCCOP(O)(=S)CC. The molecule has 10 heavy (non-hydrogen) atoms. The predicted molar refractivity (Wildman–Crippen MR) is 47.9 cm³/mol. The largest absolute Gasteiger partial charge is 0.345 e. The molecule has 0 bridgehead atoms. The minimum absolute atomic E-state index is 0.575. The summed E-state index contributed by atoms with van der Waals surface area (Å²) in [6.07, 6.45) is 2.64. The van der Waals surface area contributed by atoms with Gasteiger partial charge in [0.2, 0.25) is 0 Å². The summed E-state index contributed by atoms with van der Waals surface area (Å²) in [4.78, 5) is 9.25. The number of rotatable bonds is 5. The summed E-state index contributed by atoms with van der Waals surface area (Å²) >= 11 is 4.80. The van der Waals surface area contributed by atoms with Crippen molar-refractivity contribution in [2.75, 3.05) is 12.8 Å². The van der Waals surface area contributed by atoms with Gasteiger partial charge in [-0.15, -0.1) is 0 Å². The summed E-state index contributed by atoms with van der Waals surface area (Å²) in [5, 5.41) is 0. The lowest BCUT2D eigenvalue weighted by Crippen LogP contribution is -1.93. The van der Waals surface area contributed by atoms with Crippen LogP contribution < -0.4 is 0 Å². The van der Waals surface area contributed by atoms with E-state index in [1.807, 2.05) is 6.92 Å². The van der Waals surface area contributed by atoms with Crippen LogP contribution in [0, 0.1) is 0 Å². The van der Waals surface area contributed by atoms with Crippen molar-refractivity contribution in [2.45, 2.75) is 26.7 Å². The highest BCUT2D eigenvalue weighted by molar-refractivity contribution is 8.09. The Labute approximate surface area is 67.8 Å². The third kappa shape index (κ3) is 5.36. The molecule has 0 spiro atoms. The molecule has 0 radical (unpaired) electrons. The molecule has 62 valence electrons. The maximum absolute atomic E-state index is 9.25. The van der Waals surface area contributed by atoms with Crippen molar-refractivity contribution < 1.29 is 9.42 Å². The van der Waals surface area contributed by atoms with Crippen LogP contribution in [0.5, 0.6) is 0 Å². The molecule has 1 N–H and O–H groups in total. The van der Waals surface area contributed by atoms with Crippen LogP contribution in [0.2, 0.25) is 0 Å². The van der Waals surface area contributed by atoms with E-state index in [2.05, 4.69) is 6.92 Å². The maximum atomic E-state index is 9.25. The lowest BCUT2D eigenvalue weighted by Gasteiger charge is -2.12. The van der Waals surface area contributed by atoms with Crippen LogP contribution in [0.15, 0.2) is 0 Å². The molecule has 0 rings (SSSR count). The molecule has 0 aromatic heterocycles. The zero-order valence-electron chi connectivity index (χ0n) is 6.54. The Hall–Kier alpha value is 0.570. The van der Waals surface area contributed by atoms with E-state index in [0.29, 0.717) is 12.8 Å². The van der Waals surface area contributed by atoms with Gasteiger partial charge in [0.15, 0.2) is 6.49 Å². The second-order valence-corrected chi connectivity index (χ2v) is 6.02. The van der Waals surface area contributed by atoms with Gasteiger partial charge in [0.05, 0.1) is 6.61 Å². The molecule has 0 aromatic carbocycles. The summed E-state index contributed by atoms with van der Waals surface area (Å²) in [7, 11) is 0. The zero-order chi connectivity index (χ0) is 8.04. The van der Waals surface area contributed by atoms with E-state index in [1.165, 1.54) is 0 Å². The molecule has 0 aromatic rings. The fourth-order valence-electron chi connectivity index (χ4n) is 0.443. The molecule has 0 saturated heterocycles. The highest BCUT2D eigenvalue weighted by Crippen LogP contribution is 2.41. The second kappa shape index (κ2) is 5.25. The molecule has 0 fully saturated rings. The topological polar surface area (TPSA) is 29.5 Å². The van der Waals surface area contributed by atoms with Crippen LogP contribution in [-0.2, 0) is 16.3 Å². The Bertz CT molecular complexity index is 127. The van der Waals surface area contributed by atoms with Gasteiger partial charge in [-0.3, -0.25) is 0 Å². The highest BCUT2D eigenvalue weighted by atomic mass is 32.5. The minimum Gasteiger partial charge on any atom is -0.345 e. The summed E-state index contributed by atoms with van der Waals surface area (Å²) in [6, 6.07) is 0. The lowest BCUT2D eigenvalue weighted by atomic mass is 10.4. The first kappa shape index (κ1) is 10.6. The van der Waals surface area contributed by atoms with Crippen LogP contribution in [0.1, 0.15) is 26.7 Å². The number of unbranched alkanes of at least 4 members (excludes halogenated alkanes) is 1. The van der Waals surface area contributed by atoms with Gasteiger partial charge < -0.3 is 9.42 Å². The van der Waals surface area contributed by atoms with Gasteiger partial charge in [0.1, 0.15) is 0 Å². The fourth-order valence-corrected chi connectivity index (χ4v) is 1.26. The van der Waals surface area contributed by atoms with Gasteiger partial charge >= 0.3 is 0 Å². The first-order valence-electron chi connectivity index (χ1n) is 3.58. The van der Waals surface area contributed by atoms with Crippen LogP contribution in [0.4, 0.5) is 0 Å². The van der Waals surface area contributed by atoms with Crippen molar-refractivity contribution in [3.8, 4) is 0 Å². The third-order valence-electron chi connectivity index (χ3n) is 1.19. The molecule has 0 amide bonds. The molecule has 2 nitrogen and oxygen atoms in total. The average molecular weight is 182 g/mol. The predicted octanol–water partition coefficient (Wildman–Crippen LogP) is 2.12. The Morgan fingerprint density at radius 1 is 1.50 bits per heavy atom. The number of hydrogen-bond acceptors (Lipinski definition) is 2. The quantitative estimate of drug-likeness (QED) is 0.521. The first-order valence-corrected chi connectivity index (χ1v) is 6.44. The maximum Gasteiger partial charge on any atom is 0.185 e.